The van der Waals surface area contributed by atoms with E-state index in [2.05, 4.69) is 16.0 Å². The molecule has 3 N–H and O–H groups in total. The van der Waals surface area contributed by atoms with Crippen LogP contribution < -0.4 is 16.0 Å². The van der Waals surface area contributed by atoms with E-state index in [1.54, 1.807) is 67.6 Å². The zero-order chi connectivity index (χ0) is 31.9. The Labute approximate surface area is 261 Å². The number of thioether (sulfide) groups is 1. The number of nitrogens with one attached hydrogen (secondary N) is 3. The first kappa shape index (κ1) is 32.4. The van der Waals surface area contributed by atoms with Gasteiger partial charge in [0.05, 0.1) is 16.5 Å². The number of anilines is 2. The molecule has 0 radical (unpaired) electrons. The molecule has 0 spiro atoms. The van der Waals surface area contributed by atoms with Crippen molar-refractivity contribution in [1.82, 2.24) is 5.32 Å². The van der Waals surface area contributed by atoms with Crippen LogP contribution in [-0.4, -0.2) is 23.0 Å². The lowest BCUT2D eigenvalue weighted by Crippen LogP contribution is -2.30. The zero-order valence-corrected chi connectivity index (χ0v) is 25.1. The van der Waals surface area contributed by atoms with Crippen LogP contribution in [0.4, 0.5) is 24.5 Å². The summed E-state index contributed by atoms with van der Waals surface area (Å²) >= 11 is 6.82. The number of carbonyl (C=O) groups excluding carboxylic acids is 3. The number of halogens is 4. The fourth-order valence-electron chi connectivity index (χ4n) is 3.97. The molecular formula is C33H27ClF3N3O3S. The third-order valence-corrected chi connectivity index (χ3v) is 7.56. The van der Waals surface area contributed by atoms with Crippen molar-refractivity contribution in [3.63, 3.8) is 0 Å². The van der Waals surface area contributed by atoms with Crippen LogP contribution >= 0.6 is 23.4 Å². The van der Waals surface area contributed by atoms with Crippen LogP contribution in [0.3, 0.4) is 0 Å². The summed E-state index contributed by atoms with van der Waals surface area (Å²) in [5.41, 5.74) is 1.06. The standard InChI is InChI=1S/C33H27ClF3N3O3S/c1-20-11-13-22(14-12-20)17-29(40-31(42)23-7-4-3-5-8-23)32(43)38-25-9-6-10-26(19-25)44-21(2)30(41)39-28-16-15-24(34)18-27(28)33(35,36)37/h3-19,21H,1-2H3,(H,38,43)(H,39,41)(H,40,42)/b29-17-. The lowest BCUT2D eigenvalue weighted by atomic mass is 10.1. The minimum absolute atomic E-state index is 0.0111. The van der Waals surface area contributed by atoms with E-state index in [1.165, 1.54) is 6.07 Å². The fraction of sp³-hybridized carbons (Fsp3) is 0.121. The van der Waals surface area contributed by atoms with Gasteiger partial charge in [0.25, 0.3) is 11.8 Å². The van der Waals surface area contributed by atoms with Crippen LogP contribution in [0, 0.1) is 6.92 Å². The second-order valence-corrected chi connectivity index (χ2v) is 11.6. The highest BCUT2D eigenvalue weighted by atomic mass is 35.5. The Bertz CT molecular complexity index is 1690. The summed E-state index contributed by atoms with van der Waals surface area (Å²) in [6.07, 6.45) is -3.14. The molecule has 0 bridgehead atoms. The van der Waals surface area contributed by atoms with Gasteiger partial charge in [0.2, 0.25) is 5.91 Å². The predicted molar refractivity (Wildman–Crippen MR) is 169 cm³/mol. The van der Waals surface area contributed by atoms with Crippen molar-refractivity contribution in [1.29, 1.82) is 0 Å². The number of hydrogen-bond acceptors (Lipinski definition) is 4. The predicted octanol–water partition coefficient (Wildman–Crippen LogP) is 8.20. The number of aryl methyl sites for hydroxylation is 1. The average Bonchev–Trinajstić information content (AvgIpc) is 2.98. The number of alkyl halides is 3. The molecule has 0 saturated heterocycles. The number of rotatable bonds is 9. The topological polar surface area (TPSA) is 87.3 Å². The molecular weight excluding hydrogens is 611 g/mol. The molecule has 4 rings (SSSR count). The number of benzene rings is 4. The van der Waals surface area contributed by atoms with Gasteiger partial charge >= 0.3 is 6.18 Å². The quantitative estimate of drug-likeness (QED) is 0.128. The van der Waals surface area contributed by atoms with E-state index in [0.29, 0.717) is 21.7 Å². The summed E-state index contributed by atoms with van der Waals surface area (Å²) in [4.78, 5) is 39.6. The number of hydrogen-bond donors (Lipinski definition) is 3. The molecule has 11 heteroatoms. The lowest BCUT2D eigenvalue weighted by molar-refractivity contribution is -0.137. The largest absolute Gasteiger partial charge is 0.418 e. The second kappa shape index (κ2) is 14.3. The zero-order valence-electron chi connectivity index (χ0n) is 23.5. The molecule has 226 valence electrons. The van der Waals surface area contributed by atoms with Gasteiger partial charge < -0.3 is 16.0 Å². The van der Waals surface area contributed by atoms with Crippen molar-refractivity contribution >= 4 is 58.5 Å². The summed E-state index contributed by atoms with van der Waals surface area (Å²) in [6.45, 7) is 3.49. The van der Waals surface area contributed by atoms with Crippen molar-refractivity contribution in [2.45, 2.75) is 30.2 Å². The maximum Gasteiger partial charge on any atom is 0.418 e. The van der Waals surface area contributed by atoms with E-state index >= 15 is 0 Å². The molecule has 44 heavy (non-hydrogen) atoms. The first-order chi connectivity index (χ1) is 20.9. The molecule has 1 atom stereocenters. The summed E-state index contributed by atoms with van der Waals surface area (Å²) in [6, 6.07) is 25.6. The van der Waals surface area contributed by atoms with Crippen LogP contribution in [0.15, 0.2) is 108 Å². The first-order valence-electron chi connectivity index (χ1n) is 13.3. The summed E-state index contributed by atoms with van der Waals surface area (Å²) in [5, 5.41) is 6.89. The van der Waals surface area contributed by atoms with Crippen molar-refractivity contribution in [3.05, 3.63) is 130 Å². The number of amides is 3. The highest BCUT2D eigenvalue weighted by molar-refractivity contribution is 8.00. The van der Waals surface area contributed by atoms with Gasteiger partial charge in [-0.15, -0.1) is 11.8 Å². The Morgan fingerprint density at radius 3 is 2.25 bits per heavy atom. The number of carbonyl (C=O) groups is 3. The molecule has 0 aliphatic heterocycles. The molecule has 0 saturated carbocycles. The van der Waals surface area contributed by atoms with Gasteiger partial charge in [0, 0.05) is 21.2 Å². The van der Waals surface area contributed by atoms with Crippen molar-refractivity contribution in [2.24, 2.45) is 0 Å². The van der Waals surface area contributed by atoms with E-state index in [1.807, 2.05) is 31.2 Å². The average molecular weight is 638 g/mol. The monoisotopic (exact) mass is 637 g/mol. The molecule has 0 aliphatic carbocycles. The maximum atomic E-state index is 13.4. The highest BCUT2D eigenvalue weighted by Gasteiger charge is 2.34. The fourth-order valence-corrected chi connectivity index (χ4v) is 5.07. The molecule has 0 heterocycles. The summed E-state index contributed by atoms with van der Waals surface area (Å²) in [7, 11) is 0. The second-order valence-electron chi connectivity index (χ2n) is 9.71. The van der Waals surface area contributed by atoms with Crippen LogP contribution in [0.2, 0.25) is 5.02 Å². The molecule has 1 unspecified atom stereocenters. The molecule has 3 amide bonds. The van der Waals surface area contributed by atoms with Gasteiger partial charge in [0.1, 0.15) is 5.70 Å². The summed E-state index contributed by atoms with van der Waals surface area (Å²) < 4.78 is 40.3. The van der Waals surface area contributed by atoms with Crippen LogP contribution in [0.1, 0.15) is 34.0 Å². The normalized spacial score (nSPS) is 12.3. The Morgan fingerprint density at radius 1 is 0.864 bits per heavy atom. The molecule has 6 nitrogen and oxygen atoms in total. The Balaban J connectivity index is 1.48. The minimum Gasteiger partial charge on any atom is -0.325 e. The smallest absolute Gasteiger partial charge is 0.325 e. The van der Waals surface area contributed by atoms with E-state index in [4.69, 9.17) is 11.6 Å². The van der Waals surface area contributed by atoms with Gasteiger partial charge in [-0.2, -0.15) is 13.2 Å². The molecule has 0 fully saturated rings. The highest BCUT2D eigenvalue weighted by Crippen LogP contribution is 2.37. The van der Waals surface area contributed by atoms with E-state index in [9.17, 15) is 27.6 Å². The van der Waals surface area contributed by atoms with Gasteiger partial charge in [-0.1, -0.05) is 65.7 Å². The van der Waals surface area contributed by atoms with Gasteiger partial charge in [-0.05, 0) is 74.0 Å². The Kier molecular flexibility index (Phi) is 10.5. The van der Waals surface area contributed by atoms with Crippen LogP contribution in [0.25, 0.3) is 6.08 Å². The van der Waals surface area contributed by atoms with E-state index in [-0.39, 0.29) is 10.7 Å². The molecule has 4 aromatic carbocycles. The first-order valence-corrected chi connectivity index (χ1v) is 14.6. The Morgan fingerprint density at radius 2 is 1.57 bits per heavy atom. The molecule has 0 aromatic heterocycles. The molecule has 4 aromatic rings. The molecule has 0 aliphatic rings. The SMILES string of the molecule is Cc1ccc(/C=C(\NC(=O)c2ccccc2)C(=O)Nc2cccc(SC(C)C(=O)Nc3ccc(Cl)cc3C(F)(F)F)c2)cc1. The Hall–Kier alpha value is -4.54. The van der Waals surface area contributed by atoms with E-state index in [0.717, 1.165) is 29.5 Å². The maximum absolute atomic E-state index is 13.4. The van der Waals surface area contributed by atoms with Crippen molar-refractivity contribution in [2.75, 3.05) is 10.6 Å². The van der Waals surface area contributed by atoms with Gasteiger partial charge in [0.15, 0.2) is 0 Å². The lowest BCUT2D eigenvalue weighted by Gasteiger charge is -2.17. The van der Waals surface area contributed by atoms with Crippen LogP contribution in [-0.2, 0) is 15.8 Å². The van der Waals surface area contributed by atoms with Gasteiger partial charge in [-0.25, -0.2) is 0 Å². The van der Waals surface area contributed by atoms with Crippen LogP contribution in [0.5, 0.6) is 0 Å². The third-order valence-electron chi connectivity index (χ3n) is 6.24. The minimum atomic E-state index is -4.70. The van der Waals surface area contributed by atoms with Gasteiger partial charge in [-0.3, -0.25) is 14.4 Å². The summed E-state index contributed by atoms with van der Waals surface area (Å²) in [5.74, 6) is -1.69. The van der Waals surface area contributed by atoms with Crippen molar-refractivity contribution in [3.8, 4) is 0 Å². The van der Waals surface area contributed by atoms with E-state index < -0.39 is 40.4 Å². The van der Waals surface area contributed by atoms with Crippen molar-refractivity contribution < 1.29 is 27.6 Å². The third kappa shape index (κ3) is 8.98.